The van der Waals surface area contributed by atoms with Crippen LogP contribution in [0.4, 0.5) is 0 Å². The Morgan fingerprint density at radius 1 is 0.917 bits per heavy atom. The molecule has 1 aliphatic heterocycles. The molecule has 1 rings (SSSR count). The van der Waals surface area contributed by atoms with Crippen molar-refractivity contribution in [3.05, 3.63) is 0 Å². The van der Waals surface area contributed by atoms with E-state index < -0.39 is 30.0 Å². The SMILES string of the molecule is CCCCCCCCCCCCCC(=O)OC1C(=O)NC(=O)C1O. The van der Waals surface area contributed by atoms with Gasteiger partial charge in [0.25, 0.3) is 11.8 Å². The van der Waals surface area contributed by atoms with Gasteiger partial charge >= 0.3 is 5.97 Å². The van der Waals surface area contributed by atoms with Crippen LogP contribution in [-0.2, 0) is 19.1 Å². The highest BCUT2D eigenvalue weighted by Gasteiger charge is 2.43. The number of imide groups is 1. The molecule has 0 aromatic carbocycles. The van der Waals surface area contributed by atoms with E-state index in [1.165, 1.54) is 51.4 Å². The van der Waals surface area contributed by atoms with E-state index in [0.717, 1.165) is 12.8 Å². The number of hydrogen-bond donors (Lipinski definition) is 2. The maximum Gasteiger partial charge on any atom is 0.306 e. The van der Waals surface area contributed by atoms with Gasteiger partial charge in [0, 0.05) is 6.42 Å². The molecule has 1 fully saturated rings. The third-order valence-corrected chi connectivity index (χ3v) is 4.30. The van der Waals surface area contributed by atoms with Crippen LogP contribution >= 0.6 is 0 Å². The van der Waals surface area contributed by atoms with Crippen molar-refractivity contribution < 1.29 is 24.2 Å². The number of carbonyl (C=O) groups is 3. The number of aliphatic hydroxyl groups is 1. The second kappa shape index (κ2) is 12.0. The highest BCUT2D eigenvalue weighted by Crippen LogP contribution is 2.13. The molecule has 0 spiro atoms. The van der Waals surface area contributed by atoms with E-state index in [4.69, 9.17) is 4.74 Å². The van der Waals surface area contributed by atoms with Gasteiger partial charge in [-0.05, 0) is 6.42 Å². The summed E-state index contributed by atoms with van der Waals surface area (Å²) in [5, 5.41) is 11.4. The van der Waals surface area contributed by atoms with Gasteiger partial charge in [-0.3, -0.25) is 19.7 Å². The number of esters is 1. The number of unbranched alkanes of at least 4 members (excludes halogenated alkanes) is 10. The van der Waals surface area contributed by atoms with Crippen LogP contribution in [-0.4, -0.2) is 35.1 Å². The first-order chi connectivity index (χ1) is 11.6. The molecule has 0 aromatic heterocycles. The monoisotopic (exact) mass is 341 g/mol. The van der Waals surface area contributed by atoms with Gasteiger partial charge in [-0.15, -0.1) is 0 Å². The molecule has 24 heavy (non-hydrogen) atoms. The molecule has 1 aliphatic rings. The minimum absolute atomic E-state index is 0.210. The van der Waals surface area contributed by atoms with Crippen LogP contribution in [0.3, 0.4) is 0 Å². The Bertz CT molecular complexity index is 410. The second-order valence-corrected chi connectivity index (χ2v) is 6.49. The summed E-state index contributed by atoms with van der Waals surface area (Å²) in [6, 6.07) is 0. The Hall–Kier alpha value is -1.43. The summed E-state index contributed by atoms with van der Waals surface area (Å²) in [4.78, 5) is 34.0. The first-order valence-electron chi connectivity index (χ1n) is 9.28. The molecule has 0 radical (unpaired) electrons. The maximum absolute atomic E-state index is 11.6. The number of hydrogen-bond acceptors (Lipinski definition) is 5. The summed E-state index contributed by atoms with van der Waals surface area (Å²) >= 11 is 0. The summed E-state index contributed by atoms with van der Waals surface area (Å²) < 4.78 is 4.88. The number of carbonyl (C=O) groups excluding carboxylic acids is 3. The van der Waals surface area contributed by atoms with Gasteiger partial charge in [0.15, 0.2) is 6.10 Å². The summed E-state index contributed by atoms with van der Waals surface area (Å²) in [6.07, 6.45) is 10.3. The van der Waals surface area contributed by atoms with Gasteiger partial charge in [0.05, 0.1) is 0 Å². The van der Waals surface area contributed by atoms with E-state index in [2.05, 4.69) is 6.92 Å². The van der Waals surface area contributed by atoms with Gasteiger partial charge in [-0.1, -0.05) is 71.1 Å². The van der Waals surface area contributed by atoms with Crippen molar-refractivity contribution in [1.82, 2.24) is 5.32 Å². The van der Waals surface area contributed by atoms with Crippen LogP contribution in [0.1, 0.15) is 84.0 Å². The zero-order valence-corrected chi connectivity index (χ0v) is 14.7. The van der Waals surface area contributed by atoms with Crippen LogP contribution in [0.25, 0.3) is 0 Å². The molecule has 0 aromatic rings. The second-order valence-electron chi connectivity index (χ2n) is 6.49. The molecular weight excluding hydrogens is 310 g/mol. The van der Waals surface area contributed by atoms with Crippen molar-refractivity contribution in [2.75, 3.05) is 0 Å². The quantitative estimate of drug-likeness (QED) is 0.305. The number of aliphatic hydroxyl groups excluding tert-OH is 1. The van der Waals surface area contributed by atoms with Crippen LogP contribution in [0.2, 0.25) is 0 Å². The molecule has 2 atom stereocenters. The largest absolute Gasteiger partial charge is 0.449 e. The Labute approximate surface area is 144 Å². The Balaban J connectivity index is 1.95. The van der Waals surface area contributed by atoms with Gasteiger partial charge in [-0.2, -0.15) is 0 Å². The predicted molar refractivity (Wildman–Crippen MR) is 90.1 cm³/mol. The lowest BCUT2D eigenvalue weighted by Crippen LogP contribution is -2.33. The Kier molecular flexibility index (Phi) is 10.3. The van der Waals surface area contributed by atoms with Crippen molar-refractivity contribution in [3.63, 3.8) is 0 Å². The fourth-order valence-corrected chi connectivity index (χ4v) is 2.80. The minimum Gasteiger partial charge on any atom is -0.449 e. The van der Waals surface area contributed by atoms with E-state index in [0.29, 0.717) is 6.42 Å². The molecule has 0 saturated carbocycles. The van der Waals surface area contributed by atoms with Crippen molar-refractivity contribution in [1.29, 1.82) is 0 Å². The number of ether oxygens (including phenoxy) is 1. The lowest BCUT2D eigenvalue weighted by molar-refractivity contribution is -0.159. The molecule has 6 heteroatoms. The Morgan fingerprint density at radius 3 is 1.88 bits per heavy atom. The normalized spacial score (nSPS) is 20.2. The molecule has 6 nitrogen and oxygen atoms in total. The van der Waals surface area contributed by atoms with Gasteiger partial charge in [0.2, 0.25) is 6.10 Å². The highest BCUT2D eigenvalue weighted by atomic mass is 16.6. The van der Waals surface area contributed by atoms with E-state index in [9.17, 15) is 19.5 Å². The van der Waals surface area contributed by atoms with Crippen molar-refractivity contribution in [2.45, 2.75) is 96.2 Å². The van der Waals surface area contributed by atoms with Crippen molar-refractivity contribution in [2.24, 2.45) is 0 Å². The average molecular weight is 341 g/mol. The van der Waals surface area contributed by atoms with Gasteiger partial charge < -0.3 is 9.84 Å². The molecular formula is C18H31NO5. The van der Waals surface area contributed by atoms with E-state index >= 15 is 0 Å². The standard InChI is InChI=1S/C18H31NO5/c1-2-3-4-5-6-7-8-9-10-11-12-13-14(20)24-16-15(21)17(22)19-18(16)23/h15-16,21H,2-13H2,1H3,(H,19,22,23). The summed E-state index contributed by atoms with van der Waals surface area (Å²) in [5.74, 6) is -2.10. The van der Waals surface area contributed by atoms with Crippen molar-refractivity contribution in [3.8, 4) is 0 Å². The highest BCUT2D eigenvalue weighted by molar-refractivity contribution is 6.08. The summed E-state index contributed by atoms with van der Waals surface area (Å²) in [6.45, 7) is 2.22. The van der Waals surface area contributed by atoms with Gasteiger partial charge in [-0.25, -0.2) is 0 Å². The molecule has 0 bridgehead atoms. The van der Waals surface area contributed by atoms with Crippen LogP contribution in [0.15, 0.2) is 0 Å². The van der Waals surface area contributed by atoms with Gasteiger partial charge in [0.1, 0.15) is 0 Å². The maximum atomic E-state index is 11.6. The minimum atomic E-state index is -1.58. The molecule has 2 N–H and O–H groups in total. The lowest BCUT2D eigenvalue weighted by atomic mass is 10.1. The zero-order valence-electron chi connectivity index (χ0n) is 14.7. The number of rotatable bonds is 13. The molecule has 2 amide bonds. The fraction of sp³-hybridized carbons (Fsp3) is 0.833. The molecule has 138 valence electrons. The van der Waals surface area contributed by atoms with Crippen LogP contribution in [0.5, 0.6) is 0 Å². The number of nitrogens with one attached hydrogen (secondary N) is 1. The third kappa shape index (κ3) is 7.90. The lowest BCUT2D eigenvalue weighted by Gasteiger charge is -2.11. The average Bonchev–Trinajstić information content (AvgIpc) is 2.79. The van der Waals surface area contributed by atoms with Crippen molar-refractivity contribution >= 4 is 17.8 Å². The van der Waals surface area contributed by atoms with E-state index in [1.807, 2.05) is 5.32 Å². The number of amides is 2. The molecule has 1 saturated heterocycles. The van der Waals surface area contributed by atoms with Crippen LogP contribution in [0, 0.1) is 0 Å². The van der Waals surface area contributed by atoms with Crippen LogP contribution < -0.4 is 5.32 Å². The summed E-state index contributed by atoms with van der Waals surface area (Å²) in [5.41, 5.74) is 0. The van der Waals surface area contributed by atoms with E-state index in [1.54, 1.807) is 0 Å². The topological polar surface area (TPSA) is 92.7 Å². The summed E-state index contributed by atoms with van der Waals surface area (Å²) in [7, 11) is 0. The predicted octanol–water partition coefficient (Wildman–Crippen LogP) is 2.62. The zero-order chi connectivity index (χ0) is 17.8. The molecule has 2 unspecified atom stereocenters. The third-order valence-electron chi connectivity index (χ3n) is 4.30. The fourth-order valence-electron chi connectivity index (χ4n) is 2.80. The first kappa shape index (κ1) is 20.6. The smallest absolute Gasteiger partial charge is 0.306 e. The molecule has 0 aliphatic carbocycles. The first-order valence-corrected chi connectivity index (χ1v) is 9.28. The van der Waals surface area contributed by atoms with E-state index in [-0.39, 0.29) is 6.42 Å². The molecule has 1 heterocycles. The Morgan fingerprint density at radius 2 is 1.42 bits per heavy atom.